The van der Waals surface area contributed by atoms with Crippen LogP contribution in [0.3, 0.4) is 0 Å². The predicted octanol–water partition coefficient (Wildman–Crippen LogP) is 0.886. The third-order valence-corrected chi connectivity index (χ3v) is 2.27. The fourth-order valence-electron chi connectivity index (χ4n) is 1.54. The number of nitrogens with one attached hydrogen (secondary N) is 1. The Hall–Kier alpha value is -1.36. The highest BCUT2D eigenvalue weighted by Gasteiger charge is 2.22. The van der Waals surface area contributed by atoms with Gasteiger partial charge in [0.1, 0.15) is 6.26 Å². The van der Waals surface area contributed by atoms with Crippen molar-refractivity contribution in [2.45, 2.75) is 18.9 Å². The molecule has 14 heavy (non-hydrogen) atoms. The summed E-state index contributed by atoms with van der Waals surface area (Å²) in [6.07, 6.45) is 3.45. The number of rotatable bonds is 2. The molecule has 1 N–H and O–H groups in total. The van der Waals surface area contributed by atoms with Crippen LogP contribution in [0.4, 0.5) is 0 Å². The van der Waals surface area contributed by atoms with Crippen LogP contribution < -0.4 is 5.32 Å². The zero-order valence-electron chi connectivity index (χ0n) is 7.95. The van der Waals surface area contributed by atoms with Crippen LogP contribution in [0.2, 0.25) is 0 Å². The summed E-state index contributed by atoms with van der Waals surface area (Å²) in [6, 6.07) is 0.147. The minimum atomic E-state index is -0.460. The molecule has 0 amide bonds. The summed E-state index contributed by atoms with van der Waals surface area (Å²) < 4.78 is 9.73. The summed E-state index contributed by atoms with van der Waals surface area (Å²) in [5.41, 5.74) is 0.233. The van der Waals surface area contributed by atoms with Gasteiger partial charge >= 0.3 is 5.97 Å². The van der Waals surface area contributed by atoms with E-state index in [1.165, 1.54) is 13.4 Å². The number of hydrogen-bond donors (Lipinski definition) is 1. The lowest BCUT2D eigenvalue weighted by Gasteiger charge is -2.02. The van der Waals surface area contributed by atoms with Gasteiger partial charge in [-0.3, -0.25) is 0 Å². The summed E-state index contributed by atoms with van der Waals surface area (Å²) in [7, 11) is 1.32. The van der Waals surface area contributed by atoms with E-state index in [1.807, 2.05) is 0 Å². The monoisotopic (exact) mass is 196 g/mol. The molecular formula is C9H12N2O3. The van der Waals surface area contributed by atoms with Crippen LogP contribution in [0.1, 0.15) is 35.3 Å². The van der Waals surface area contributed by atoms with Crippen molar-refractivity contribution in [2.75, 3.05) is 13.7 Å². The number of ether oxygens (including phenoxy) is 1. The lowest BCUT2D eigenvalue weighted by Crippen LogP contribution is -2.13. The van der Waals surface area contributed by atoms with Crippen LogP contribution in [0.5, 0.6) is 0 Å². The third kappa shape index (κ3) is 1.63. The van der Waals surface area contributed by atoms with Crippen LogP contribution >= 0.6 is 0 Å². The van der Waals surface area contributed by atoms with E-state index in [4.69, 9.17) is 4.42 Å². The van der Waals surface area contributed by atoms with E-state index in [9.17, 15) is 4.79 Å². The Bertz CT molecular complexity index is 329. The Morgan fingerprint density at radius 3 is 3.29 bits per heavy atom. The number of carbonyl (C=O) groups excluding carboxylic acids is 1. The molecule has 1 aromatic heterocycles. The molecule has 0 aliphatic carbocycles. The normalized spacial score (nSPS) is 21.1. The third-order valence-electron chi connectivity index (χ3n) is 2.27. The molecule has 0 bridgehead atoms. The van der Waals surface area contributed by atoms with Crippen molar-refractivity contribution in [2.24, 2.45) is 0 Å². The van der Waals surface area contributed by atoms with Crippen molar-refractivity contribution in [3.63, 3.8) is 0 Å². The second-order valence-corrected chi connectivity index (χ2v) is 3.21. The number of carbonyl (C=O) groups is 1. The first kappa shape index (κ1) is 9.21. The standard InChI is InChI=1S/C9H12N2O3/c1-13-9(12)7-5-14-8(11-7)6-3-2-4-10-6/h5-6,10H,2-4H2,1H3. The Morgan fingerprint density at radius 2 is 2.64 bits per heavy atom. The van der Waals surface area contributed by atoms with E-state index >= 15 is 0 Å². The van der Waals surface area contributed by atoms with Gasteiger partial charge in [0.15, 0.2) is 5.69 Å². The van der Waals surface area contributed by atoms with E-state index < -0.39 is 5.97 Å². The average molecular weight is 196 g/mol. The van der Waals surface area contributed by atoms with Crippen LogP contribution in [0.15, 0.2) is 10.7 Å². The minimum absolute atomic E-state index is 0.147. The maximum atomic E-state index is 11.1. The van der Waals surface area contributed by atoms with E-state index in [0.29, 0.717) is 5.89 Å². The van der Waals surface area contributed by atoms with Gasteiger partial charge in [-0.05, 0) is 19.4 Å². The summed E-state index contributed by atoms with van der Waals surface area (Å²) in [6.45, 7) is 0.973. The average Bonchev–Trinajstić information content (AvgIpc) is 2.86. The number of methoxy groups -OCH3 is 1. The molecule has 0 saturated carbocycles. The molecule has 0 radical (unpaired) electrons. The number of aromatic nitrogens is 1. The maximum absolute atomic E-state index is 11.1. The van der Waals surface area contributed by atoms with Crippen LogP contribution in [0.25, 0.3) is 0 Å². The molecular weight excluding hydrogens is 184 g/mol. The SMILES string of the molecule is COC(=O)c1coc(C2CCCN2)n1. The van der Waals surface area contributed by atoms with Gasteiger partial charge in [0.2, 0.25) is 5.89 Å². The smallest absolute Gasteiger partial charge is 0.360 e. The van der Waals surface area contributed by atoms with Crippen LogP contribution in [-0.4, -0.2) is 24.6 Å². The highest BCUT2D eigenvalue weighted by molar-refractivity contribution is 5.86. The van der Waals surface area contributed by atoms with Gasteiger partial charge in [0, 0.05) is 0 Å². The van der Waals surface area contributed by atoms with E-state index in [-0.39, 0.29) is 11.7 Å². The Kier molecular flexibility index (Phi) is 2.49. The van der Waals surface area contributed by atoms with Gasteiger partial charge in [-0.2, -0.15) is 0 Å². The first-order valence-corrected chi connectivity index (χ1v) is 4.58. The van der Waals surface area contributed by atoms with Crippen LogP contribution in [0, 0.1) is 0 Å². The zero-order chi connectivity index (χ0) is 9.97. The first-order chi connectivity index (χ1) is 6.81. The number of hydrogen-bond acceptors (Lipinski definition) is 5. The zero-order valence-corrected chi connectivity index (χ0v) is 7.95. The molecule has 1 aliphatic rings. The second-order valence-electron chi connectivity index (χ2n) is 3.21. The van der Waals surface area contributed by atoms with Gasteiger partial charge in [-0.15, -0.1) is 0 Å². The fraction of sp³-hybridized carbons (Fsp3) is 0.556. The van der Waals surface area contributed by atoms with E-state index in [0.717, 1.165) is 19.4 Å². The van der Waals surface area contributed by atoms with Gasteiger partial charge in [0.05, 0.1) is 13.2 Å². The molecule has 2 heterocycles. The molecule has 1 fully saturated rings. The topological polar surface area (TPSA) is 64.4 Å². The van der Waals surface area contributed by atoms with Crippen molar-refractivity contribution in [3.8, 4) is 0 Å². The fourth-order valence-corrected chi connectivity index (χ4v) is 1.54. The molecule has 1 unspecified atom stereocenters. The molecule has 5 nitrogen and oxygen atoms in total. The highest BCUT2D eigenvalue weighted by Crippen LogP contribution is 2.22. The molecule has 1 atom stereocenters. The van der Waals surface area contributed by atoms with Crippen molar-refractivity contribution in [3.05, 3.63) is 17.8 Å². The van der Waals surface area contributed by atoms with Gasteiger partial charge < -0.3 is 14.5 Å². The molecule has 0 spiro atoms. The van der Waals surface area contributed by atoms with Crippen LogP contribution in [-0.2, 0) is 4.74 Å². The van der Waals surface area contributed by atoms with Gasteiger partial charge in [-0.25, -0.2) is 9.78 Å². The van der Waals surface area contributed by atoms with Crippen molar-refractivity contribution < 1.29 is 13.9 Å². The quantitative estimate of drug-likeness (QED) is 0.711. The lowest BCUT2D eigenvalue weighted by atomic mass is 10.2. The molecule has 1 aromatic rings. The van der Waals surface area contributed by atoms with E-state index in [2.05, 4.69) is 15.0 Å². The number of nitrogens with zero attached hydrogens (tertiary/aromatic N) is 1. The van der Waals surface area contributed by atoms with Gasteiger partial charge in [0.25, 0.3) is 0 Å². The Balaban J connectivity index is 2.12. The summed E-state index contributed by atoms with van der Waals surface area (Å²) >= 11 is 0. The molecule has 0 aromatic carbocycles. The molecule has 5 heteroatoms. The minimum Gasteiger partial charge on any atom is -0.464 e. The van der Waals surface area contributed by atoms with Crippen molar-refractivity contribution in [1.82, 2.24) is 10.3 Å². The summed E-state index contributed by atoms with van der Waals surface area (Å²) in [5.74, 6) is 0.112. The molecule has 76 valence electrons. The Morgan fingerprint density at radius 1 is 1.79 bits per heavy atom. The predicted molar refractivity (Wildman–Crippen MR) is 47.8 cm³/mol. The molecule has 2 rings (SSSR count). The Labute approximate surface area is 81.5 Å². The van der Waals surface area contributed by atoms with Gasteiger partial charge in [-0.1, -0.05) is 0 Å². The molecule has 1 saturated heterocycles. The van der Waals surface area contributed by atoms with Crippen molar-refractivity contribution >= 4 is 5.97 Å². The first-order valence-electron chi connectivity index (χ1n) is 4.58. The molecule has 1 aliphatic heterocycles. The lowest BCUT2D eigenvalue weighted by molar-refractivity contribution is 0.0594. The summed E-state index contributed by atoms with van der Waals surface area (Å²) in [5, 5.41) is 3.23. The number of oxazole rings is 1. The number of esters is 1. The van der Waals surface area contributed by atoms with E-state index in [1.54, 1.807) is 0 Å². The summed E-state index contributed by atoms with van der Waals surface area (Å²) in [4.78, 5) is 15.1. The maximum Gasteiger partial charge on any atom is 0.360 e. The van der Waals surface area contributed by atoms with Crippen molar-refractivity contribution in [1.29, 1.82) is 0 Å². The highest BCUT2D eigenvalue weighted by atomic mass is 16.5. The second kappa shape index (κ2) is 3.79. The largest absolute Gasteiger partial charge is 0.464 e.